The molecule has 0 aliphatic heterocycles. The van der Waals surface area contributed by atoms with Gasteiger partial charge in [-0.1, -0.05) is 6.07 Å². The van der Waals surface area contributed by atoms with Crippen LogP contribution in [0.5, 0.6) is 5.75 Å². The molecule has 0 unspecified atom stereocenters. The van der Waals surface area contributed by atoms with Crippen molar-refractivity contribution >= 4 is 5.91 Å². The van der Waals surface area contributed by atoms with Crippen molar-refractivity contribution in [2.45, 2.75) is 26.5 Å². The van der Waals surface area contributed by atoms with E-state index in [2.05, 4.69) is 5.32 Å². The minimum atomic E-state index is -0.432. The number of hydrogen-bond donors (Lipinski definition) is 2. The molecule has 0 radical (unpaired) electrons. The molecule has 3 N–H and O–H groups in total. The summed E-state index contributed by atoms with van der Waals surface area (Å²) in [6.45, 7) is 3.84. The third kappa shape index (κ3) is 4.40. The van der Waals surface area contributed by atoms with Crippen molar-refractivity contribution in [3.63, 3.8) is 0 Å². The summed E-state index contributed by atoms with van der Waals surface area (Å²) in [7, 11) is 0. The Balaban J connectivity index is 2.65. The lowest BCUT2D eigenvalue weighted by molar-refractivity contribution is -0.119. The van der Waals surface area contributed by atoms with E-state index in [9.17, 15) is 9.18 Å². The van der Waals surface area contributed by atoms with Gasteiger partial charge in [-0.3, -0.25) is 4.79 Å². The summed E-state index contributed by atoms with van der Waals surface area (Å²) in [4.78, 5) is 10.9. The second-order valence-corrected chi connectivity index (χ2v) is 3.91. The van der Waals surface area contributed by atoms with Gasteiger partial charge in [-0.2, -0.15) is 0 Å². The highest BCUT2D eigenvalue weighted by Crippen LogP contribution is 2.19. The maximum absolute atomic E-state index is 13.6. The van der Waals surface area contributed by atoms with Crippen LogP contribution in [0.25, 0.3) is 0 Å². The molecule has 0 aliphatic carbocycles. The quantitative estimate of drug-likeness (QED) is 0.812. The van der Waals surface area contributed by atoms with E-state index in [4.69, 9.17) is 10.5 Å². The van der Waals surface area contributed by atoms with Crippen LogP contribution in [0.2, 0.25) is 0 Å². The number of hydrogen-bond acceptors (Lipinski definition) is 3. The van der Waals surface area contributed by atoms with Gasteiger partial charge in [0.15, 0.2) is 11.6 Å². The average Bonchev–Trinajstić information content (AvgIpc) is 2.28. The van der Waals surface area contributed by atoms with E-state index in [1.165, 1.54) is 6.07 Å². The normalized spacial score (nSPS) is 10.4. The van der Waals surface area contributed by atoms with E-state index in [1.54, 1.807) is 12.1 Å². The molecule has 94 valence electrons. The maximum atomic E-state index is 13.6. The van der Waals surface area contributed by atoms with Gasteiger partial charge in [-0.15, -0.1) is 0 Å². The van der Waals surface area contributed by atoms with Crippen molar-refractivity contribution in [2.24, 2.45) is 5.73 Å². The zero-order chi connectivity index (χ0) is 12.8. The summed E-state index contributed by atoms with van der Waals surface area (Å²) in [6, 6.07) is 4.60. The second-order valence-electron chi connectivity index (χ2n) is 3.91. The minimum absolute atomic E-state index is 0.0724. The first-order valence-electron chi connectivity index (χ1n) is 5.44. The molecular formula is C12H17FN2O2. The topological polar surface area (TPSA) is 64.3 Å². The van der Waals surface area contributed by atoms with Gasteiger partial charge in [0.05, 0.1) is 12.6 Å². The number of ether oxygens (including phenoxy) is 1. The predicted molar refractivity (Wildman–Crippen MR) is 63.1 cm³/mol. The first kappa shape index (κ1) is 13.4. The largest absolute Gasteiger partial charge is 0.488 e. The number of nitrogens with one attached hydrogen (secondary N) is 1. The van der Waals surface area contributed by atoms with Crippen LogP contribution in [0.4, 0.5) is 4.39 Å². The zero-order valence-electron chi connectivity index (χ0n) is 10.00. The molecule has 0 heterocycles. The number of carbonyl (C=O) groups excluding carboxylic acids is 1. The number of halogens is 1. The Morgan fingerprint density at radius 3 is 2.76 bits per heavy atom. The van der Waals surface area contributed by atoms with Crippen LogP contribution in [0.1, 0.15) is 19.4 Å². The van der Waals surface area contributed by atoms with Crippen LogP contribution in [-0.4, -0.2) is 18.6 Å². The van der Waals surface area contributed by atoms with Gasteiger partial charge in [0.25, 0.3) is 0 Å². The summed E-state index contributed by atoms with van der Waals surface area (Å²) in [5, 5.41) is 2.56. The first-order valence-corrected chi connectivity index (χ1v) is 5.44. The summed E-state index contributed by atoms with van der Waals surface area (Å²) in [5.41, 5.74) is 5.81. The molecule has 0 saturated carbocycles. The van der Waals surface area contributed by atoms with Crippen molar-refractivity contribution in [3.05, 3.63) is 29.6 Å². The Labute approximate surface area is 100.0 Å². The Morgan fingerprint density at radius 1 is 1.53 bits per heavy atom. The smallest absolute Gasteiger partial charge is 0.234 e. The summed E-state index contributed by atoms with van der Waals surface area (Å²) in [5.74, 6) is -0.486. The zero-order valence-corrected chi connectivity index (χ0v) is 10.00. The van der Waals surface area contributed by atoms with Gasteiger partial charge >= 0.3 is 0 Å². The highest BCUT2D eigenvalue weighted by atomic mass is 19.1. The van der Waals surface area contributed by atoms with Gasteiger partial charge in [-0.25, -0.2) is 4.39 Å². The fourth-order valence-corrected chi connectivity index (χ4v) is 1.28. The summed E-state index contributed by atoms with van der Waals surface area (Å²) >= 11 is 0. The fourth-order valence-electron chi connectivity index (χ4n) is 1.28. The molecule has 5 heteroatoms. The first-order chi connectivity index (χ1) is 8.02. The lowest BCUT2D eigenvalue weighted by Gasteiger charge is -2.11. The van der Waals surface area contributed by atoms with Gasteiger partial charge in [0, 0.05) is 6.54 Å². The standard InChI is InChI=1S/C12H17FN2O2/c1-8(2)17-11-4-3-9(5-10(11)13)7-15-12(16)6-14/h3-5,8H,6-7,14H2,1-2H3,(H,15,16). The van der Waals surface area contributed by atoms with E-state index in [0.717, 1.165) is 0 Å². The highest BCUT2D eigenvalue weighted by molar-refractivity contribution is 5.77. The predicted octanol–water partition coefficient (Wildman–Crippen LogP) is 1.19. The molecule has 0 fully saturated rings. The van der Waals surface area contributed by atoms with Crippen molar-refractivity contribution in [2.75, 3.05) is 6.54 Å². The lowest BCUT2D eigenvalue weighted by Crippen LogP contribution is -2.29. The van der Waals surface area contributed by atoms with Crippen LogP contribution in [-0.2, 0) is 11.3 Å². The molecule has 1 amide bonds. The third-order valence-corrected chi connectivity index (χ3v) is 2.03. The average molecular weight is 240 g/mol. The second kappa shape index (κ2) is 6.20. The molecule has 0 saturated heterocycles. The van der Waals surface area contributed by atoms with Crippen LogP contribution < -0.4 is 15.8 Å². The van der Waals surface area contributed by atoms with Crippen LogP contribution >= 0.6 is 0 Å². The molecule has 0 aliphatic rings. The fraction of sp³-hybridized carbons (Fsp3) is 0.417. The van der Waals surface area contributed by atoms with E-state index >= 15 is 0 Å². The molecule has 4 nitrogen and oxygen atoms in total. The Bertz CT molecular complexity index is 394. The van der Waals surface area contributed by atoms with Gasteiger partial charge < -0.3 is 15.8 Å². The van der Waals surface area contributed by atoms with E-state index in [0.29, 0.717) is 5.56 Å². The maximum Gasteiger partial charge on any atom is 0.234 e. The number of benzene rings is 1. The summed E-state index contributed by atoms with van der Waals surface area (Å²) in [6.07, 6.45) is -0.0766. The number of nitrogens with two attached hydrogens (primary N) is 1. The van der Waals surface area contributed by atoms with Gasteiger partial charge in [0.2, 0.25) is 5.91 Å². The van der Waals surface area contributed by atoms with Gasteiger partial charge in [-0.05, 0) is 31.5 Å². The van der Waals surface area contributed by atoms with E-state index in [1.807, 2.05) is 13.8 Å². The lowest BCUT2D eigenvalue weighted by atomic mass is 10.2. The molecule has 0 aromatic heterocycles. The highest BCUT2D eigenvalue weighted by Gasteiger charge is 2.07. The molecular weight excluding hydrogens is 223 g/mol. The molecule has 1 aromatic rings. The van der Waals surface area contributed by atoms with Crippen molar-refractivity contribution in [3.8, 4) is 5.75 Å². The van der Waals surface area contributed by atoms with Crippen molar-refractivity contribution in [1.29, 1.82) is 0 Å². The summed E-state index contributed by atoms with van der Waals surface area (Å²) < 4.78 is 18.8. The van der Waals surface area contributed by atoms with E-state index < -0.39 is 5.82 Å². The van der Waals surface area contributed by atoms with Crippen LogP contribution in [0, 0.1) is 5.82 Å². The molecule has 17 heavy (non-hydrogen) atoms. The van der Waals surface area contributed by atoms with Crippen molar-refractivity contribution in [1.82, 2.24) is 5.32 Å². The molecule has 1 aromatic carbocycles. The SMILES string of the molecule is CC(C)Oc1ccc(CNC(=O)CN)cc1F. The molecule has 1 rings (SSSR count). The Morgan fingerprint density at radius 2 is 2.24 bits per heavy atom. The van der Waals surface area contributed by atoms with Crippen molar-refractivity contribution < 1.29 is 13.9 Å². The molecule has 0 atom stereocenters. The van der Waals surface area contributed by atoms with E-state index in [-0.39, 0.29) is 30.9 Å². The number of amides is 1. The molecule has 0 spiro atoms. The minimum Gasteiger partial charge on any atom is -0.488 e. The van der Waals surface area contributed by atoms with Crippen LogP contribution in [0.3, 0.4) is 0 Å². The monoisotopic (exact) mass is 240 g/mol. The molecule has 0 bridgehead atoms. The number of carbonyl (C=O) groups is 1. The third-order valence-electron chi connectivity index (χ3n) is 2.03. The van der Waals surface area contributed by atoms with Crippen LogP contribution in [0.15, 0.2) is 18.2 Å². The Hall–Kier alpha value is -1.62. The number of rotatable bonds is 5. The van der Waals surface area contributed by atoms with Gasteiger partial charge in [0.1, 0.15) is 0 Å². The Kier molecular flexibility index (Phi) is 4.90.